The maximum atomic E-state index is 5.35. The Morgan fingerprint density at radius 3 is 2.64 bits per heavy atom. The molecule has 0 bridgehead atoms. The Hall–Kier alpha value is -0.340. The van der Waals surface area contributed by atoms with E-state index in [9.17, 15) is 0 Å². The summed E-state index contributed by atoms with van der Waals surface area (Å²) in [4.78, 5) is 0. The van der Waals surface area contributed by atoms with Gasteiger partial charge in [0.15, 0.2) is 0 Å². The van der Waals surface area contributed by atoms with Crippen LogP contribution in [0.5, 0.6) is 0 Å². The number of rotatable bonds is 5. The second-order valence-electron chi connectivity index (χ2n) is 4.38. The topological polar surface area (TPSA) is 21.3 Å². The zero-order valence-electron chi connectivity index (χ0n) is 9.46. The van der Waals surface area contributed by atoms with Gasteiger partial charge in [-0.25, -0.2) is 0 Å². The van der Waals surface area contributed by atoms with Crippen molar-refractivity contribution < 1.29 is 4.74 Å². The lowest BCUT2D eigenvalue weighted by atomic mass is 9.93. The Kier molecular flexibility index (Phi) is 5.20. The van der Waals surface area contributed by atoms with Gasteiger partial charge in [-0.15, -0.1) is 6.58 Å². The quantitative estimate of drug-likeness (QED) is 0.683. The van der Waals surface area contributed by atoms with Crippen molar-refractivity contribution in [2.75, 3.05) is 13.2 Å². The Morgan fingerprint density at radius 1 is 1.43 bits per heavy atom. The van der Waals surface area contributed by atoms with E-state index in [-0.39, 0.29) is 0 Å². The monoisotopic (exact) mass is 197 g/mol. The molecule has 0 amide bonds. The molecule has 1 aliphatic rings. The van der Waals surface area contributed by atoms with Gasteiger partial charge in [-0.2, -0.15) is 0 Å². The lowest BCUT2D eigenvalue weighted by molar-refractivity contribution is 0.0610. The number of ether oxygens (including phenoxy) is 1. The van der Waals surface area contributed by atoms with E-state index in [0.29, 0.717) is 12.1 Å². The summed E-state index contributed by atoms with van der Waals surface area (Å²) in [5.41, 5.74) is 0. The van der Waals surface area contributed by atoms with Gasteiger partial charge >= 0.3 is 0 Å². The highest BCUT2D eigenvalue weighted by molar-refractivity contribution is 4.84. The second kappa shape index (κ2) is 6.20. The predicted molar refractivity (Wildman–Crippen MR) is 60.4 cm³/mol. The number of hydrogen-bond donors (Lipinski definition) is 1. The van der Waals surface area contributed by atoms with Crippen LogP contribution >= 0.6 is 0 Å². The fourth-order valence-electron chi connectivity index (χ4n) is 2.07. The molecule has 0 aliphatic carbocycles. The third-order valence-corrected chi connectivity index (χ3v) is 2.93. The van der Waals surface area contributed by atoms with Crippen molar-refractivity contribution in [3.05, 3.63) is 12.7 Å². The molecule has 0 aromatic heterocycles. The van der Waals surface area contributed by atoms with Crippen LogP contribution in [0.15, 0.2) is 12.7 Å². The predicted octanol–water partition coefficient (Wildman–Crippen LogP) is 2.36. The first-order valence-corrected chi connectivity index (χ1v) is 5.68. The molecule has 0 spiro atoms. The van der Waals surface area contributed by atoms with Crippen molar-refractivity contribution in [2.45, 2.75) is 45.2 Å². The van der Waals surface area contributed by atoms with Crippen LogP contribution in [-0.2, 0) is 4.74 Å². The summed E-state index contributed by atoms with van der Waals surface area (Å²) in [6.07, 6.45) is 5.69. The molecule has 1 rings (SSSR count). The van der Waals surface area contributed by atoms with Crippen LogP contribution < -0.4 is 5.32 Å². The molecule has 1 N–H and O–H groups in total. The maximum absolute atomic E-state index is 5.35. The molecule has 0 radical (unpaired) electrons. The van der Waals surface area contributed by atoms with E-state index in [4.69, 9.17) is 4.74 Å². The molecule has 1 fully saturated rings. The van der Waals surface area contributed by atoms with Crippen LogP contribution in [0.25, 0.3) is 0 Å². The molecule has 2 atom stereocenters. The SMILES string of the molecule is C=CC(C)NC(C)CC1CCOCC1. The maximum Gasteiger partial charge on any atom is 0.0468 e. The third kappa shape index (κ3) is 4.25. The lowest BCUT2D eigenvalue weighted by Gasteiger charge is -2.26. The minimum absolute atomic E-state index is 0.421. The molecule has 2 unspecified atom stereocenters. The van der Waals surface area contributed by atoms with Gasteiger partial charge in [0, 0.05) is 25.3 Å². The van der Waals surface area contributed by atoms with E-state index in [2.05, 4.69) is 25.7 Å². The zero-order chi connectivity index (χ0) is 10.4. The molecule has 0 saturated carbocycles. The number of hydrogen-bond acceptors (Lipinski definition) is 2. The fraction of sp³-hybridized carbons (Fsp3) is 0.833. The second-order valence-corrected chi connectivity index (χ2v) is 4.38. The van der Waals surface area contributed by atoms with Crippen LogP contribution in [0.1, 0.15) is 33.1 Å². The summed E-state index contributed by atoms with van der Waals surface area (Å²) in [5.74, 6) is 0.850. The summed E-state index contributed by atoms with van der Waals surface area (Å²) >= 11 is 0. The smallest absolute Gasteiger partial charge is 0.0468 e. The molecule has 82 valence electrons. The van der Waals surface area contributed by atoms with Gasteiger partial charge in [0.25, 0.3) is 0 Å². The highest BCUT2D eigenvalue weighted by atomic mass is 16.5. The molecule has 2 heteroatoms. The van der Waals surface area contributed by atoms with E-state index >= 15 is 0 Å². The molecule has 2 nitrogen and oxygen atoms in total. The Morgan fingerprint density at radius 2 is 2.07 bits per heavy atom. The van der Waals surface area contributed by atoms with Gasteiger partial charge < -0.3 is 10.1 Å². The summed E-state index contributed by atoms with van der Waals surface area (Å²) < 4.78 is 5.35. The van der Waals surface area contributed by atoms with Gasteiger partial charge in [-0.05, 0) is 39.0 Å². The fourth-order valence-corrected chi connectivity index (χ4v) is 2.07. The highest BCUT2D eigenvalue weighted by Crippen LogP contribution is 2.20. The molecular weight excluding hydrogens is 174 g/mol. The minimum atomic E-state index is 0.421. The van der Waals surface area contributed by atoms with Crippen molar-refractivity contribution in [1.29, 1.82) is 0 Å². The van der Waals surface area contributed by atoms with Gasteiger partial charge in [0.05, 0.1) is 0 Å². The summed E-state index contributed by atoms with van der Waals surface area (Å²) in [6, 6.07) is 1.01. The Balaban J connectivity index is 2.17. The average molecular weight is 197 g/mol. The first-order valence-electron chi connectivity index (χ1n) is 5.68. The minimum Gasteiger partial charge on any atom is -0.381 e. The Labute approximate surface area is 87.7 Å². The first-order chi connectivity index (χ1) is 6.72. The van der Waals surface area contributed by atoms with Gasteiger partial charge in [0.2, 0.25) is 0 Å². The molecule has 1 saturated heterocycles. The summed E-state index contributed by atoms with van der Waals surface area (Å²) in [6.45, 7) is 10.1. The highest BCUT2D eigenvalue weighted by Gasteiger charge is 2.16. The van der Waals surface area contributed by atoms with E-state index < -0.39 is 0 Å². The molecule has 1 heterocycles. The van der Waals surface area contributed by atoms with E-state index in [1.165, 1.54) is 19.3 Å². The van der Waals surface area contributed by atoms with Crippen LogP contribution in [0.2, 0.25) is 0 Å². The Bertz CT molecular complexity index is 164. The van der Waals surface area contributed by atoms with Crippen molar-refractivity contribution >= 4 is 0 Å². The number of nitrogens with one attached hydrogen (secondary N) is 1. The molecular formula is C12H23NO. The van der Waals surface area contributed by atoms with Crippen molar-refractivity contribution in [3.8, 4) is 0 Å². The van der Waals surface area contributed by atoms with Crippen molar-refractivity contribution in [2.24, 2.45) is 5.92 Å². The van der Waals surface area contributed by atoms with Crippen LogP contribution in [0.4, 0.5) is 0 Å². The molecule has 0 aromatic rings. The van der Waals surface area contributed by atoms with Crippen molar-refractivity contribution in [1.82, 2.24) is 5.32 Å². The van der Waals surface area contributed by atoms with Crippen LogP contribution in [0, 0.1) is 5.92 Å². The van der Waals surface area contributed by atoms with Crippen LogP contribution in [-0.4, -0.2) is 25.3 Å². The summed E-state index contributed by atoms with van der Waals surface area (Å²) in [5, 5.41) is 3.52. The normalized spacial score (nSPS) is 23.0. The third-order valence-electron chi connectivity index (χ3n) is 2.93. The first kappa shape index (κ1) is 11.7. The average Bonchev–Trinajstić information content (AvgIpc) is 2.19. The van der Waals surface area contributed by atoms with Crippen LogP contribution in [0.3, 0.4) is 0 Å². The van der Waals surface area contributed by atoms with Gasteiger partial charge in [-0.3, -0.25) is 0 Å². The lowest BCUT2D eigenvalue weighted by Crippen LogP contribution is -2.35. The molecule has 1 aliphatic heterocycles. The van der Waals surface area contributed by atoms with Gasteiger partial charge in [-0.1, -0.05) is 6.08 Å². The van der Waals surface area contributed by atoms with E-state index in [1.807, 2.05) is 6.08 Å². The standard InChI is InChI=1S/C12H23NO/c1-4-10(2)13-11(3)9-12-5-7-14-8-6-12/h4,10-13H,1,5-9H2,2-3H3. The van der Waals surface area contributed by atoms with E-state index in [1.54, 1.807) is 0 Å². The molecule has 14 heavy (non-hydrogen) atoms. The van der Waals surface area contributed by atoms with E-state index in [0.717, 1.165) is 19.1 Å². The largest absolute Gasteiger partial charge is 0.381 e. The van der Waals surface area contributed by atoms with Gasteiger partial charge in [0.1, 0.15) is 0 Å². The zero-order valence-corrected chi connectivity index (χ0v) is 9.46. The molecule has 0 aromatic carbocycles. The van der Waals surface area contributed by atoms with Crippen molar-refractivity contribution in [3.63, 3.8) is 0 Å². The summed E-state index contributed by atoms with van der Waals surface area (Å²) in [7, 11) is 0.